The van der Waals surface area contributed by atoms with E-state index in [-0.39, 0.29) is 24.2 Å². The van der Waals surface area contributed by atoms with Crippen molar-refractivity contribution >= 4 is 17.5 Å². The number of nitrogens with zero attached hydrogens (tertiary/aromatic N) is 1. The summed E-state index contributed by atoms with van der Waals surface area (Å²) in [6.45, 7) is 0.643. The number of carbonyl (C=O) groups is 1. The van der Waals surface area contributed by atoms with E-state index in [0.29, 0.717) is 18.4 Å². The van der Waals surface area contributed by atoms with Crippen LogP contribution in [0.5, 0.6) is 0 Å². The van der Waals surface area contributed by atoms with Crippen LogP contribution in [0, 0.1) is 0 Å². The maximum Gasteiger partial charge on any atom is 0.419 e. The Balaban J connectivity index is 1.12. The van der Waals surface area contributed by atoms with Crippen LogP contribution in [-0.2, 0) is 4.74 Å². The third-order valence-corrected chi connectivity index (χ3v) is 10.8. The van der Waals surface area contributed by atoms with Gasteiger partial charge in [-0.15, -0.1) is 0 Å². The average Bonchev–Trinajstić information content (AvgIpc) is 3.58. The SMILES string of the molecule is O=C(O[C@H]1CN[C@@H](C(c2ccc(C3CCCCC3)cc2)c2ccc(C3CCCCC3)cc2)C1)N(c1ccccc1)c1ccccc1. The van der Waals surface area contributed by atoms with Gasteiger partial charge in [0, 0.05) is 24.9 Å². The molecule has 0 spiro atoms. The van der Waals surface area contributed by atoms with E-state index in [1.165, 1.54) is 86.5 Å². The number of para-hydroxylation sites is 2. The summed E-state index contributed by atoms with van der Waals surface area (Å²) in [5.41, 5.74) is 7.26. The van der Waals surface area contributed by atoms with Crippen LogP contribution in [0.2, 0.25) is 0 Å². The first kappa shape index (κ1) is 30.7. The fourth-order valence-corrected chi connectivity index (χ4v) is 8.27. The number of amides is 1. The molecule has 3 fully saturated rings. The quantitative estimate of drug-likeness (QED) is 0.215. The molecule has 2 aliphatic carbocycles. The van der Waals surface area contributed by atoms with Crippen molar-refractivity contribution < 1.29 is 9.53 Å². The van der Waals surface area contributed by atoms with Crippen LogP contribution in [0.4, 0.5) is 16.2 Å². The maximum atomic E-state index is 13.8. The zero-order valence-electron chi connectivity index (χ0n) is 27.0. The van der Waals surface area contributed by atoms with Crippen molar-refractivity contribution in [3.05, 3.63) is 131 Å². The van der Waals surface area contributed by atoms with E-state index in [2.05, 4.69) is 53.8 Å². The molecule has 1 heterocycles. The number of anilines is 2. The Morgan fingerprint density at radius 2 is 1.07 bits per heavy atom. The highest BCUT2D eigenvalue weighted by Gasteiger charge is 2.36. The van der Waals surface area contributed by atoms with Crippen LogP contribution in [-0.4, -0.2) is 24.8 Å². The molecule has 0 bridgehead atoms. The van der Waals surface area contributed by atoms with Gasteiger partial charge in [0.15, 0.2) is 0 Å². The molecule has 0 radical (unpaired) electrons. The first-order chi connectivity index (χ1) is 22.7. The van der Waals surface area contributed by atoms with E-state index in [1.54, 1.807) is 4.90 Å². The predicted molar refractivity (Wildman–Crippen MR) is 188 cm³/mol. The molecule has 1 N–H and O–H groups in total. The van der Waals surface area contributed by atoms with Crippen molar-refractivity contribution in [3.63, 3.8) is 0 Å². The van der Waals surface area contributed by atoms with Crippen molar-refractivity contribution in [2.24, 2.45) is 0 Å². The Hall–Kier alpha value is -3.89. The van der Waals surface area contributed by atoms with Crippen molar-refractivity contribution in [1.29, 1.82) is 0 Å². The molecule has 1 aliphatic heterocycles. The molecule has 1 saturated heterocycles. The molecule has 0 aromatic heterocycles. The Bertz CT molecular complexity index is 1420. The number of hydrogen-bond acceptors (Lipinski definition) is 3. The summed E-state index contributed by atoms with van der Waals surface area (Å²) in [4.78, 5) is 15.4. The van der Waals surface area contributed by atoms with Gasteiger partial charge in [-0.2, -0.15) is 0 Å². The van der Waals surface area contributed by atoms with E-state index in [9.17, 15) is 4.79 Å². The summed E-state index contributed by atoms with van der Waals surface area (Å²) in [6, 6.07) is 38.8. The maximum absolute atomic E-state index is 13.8. The summed E-state index contributed by atoms with van der Waals surface area (Å²) in [5.74, 6) is 1.58. The van der Waals surface area contributed by atoms with Crippen LogP contribution in [0.15, 0.2) is 109 Å². The lowest BCUT2D eigenvalue weighted by molar-refractivity contribution is 0.115. The molecule has 238 valence electrons. The van der Waals surface area contributed by atoms with Crippen LogP contribution in [0.1, 0.15) is 111 Å². The van der Waals surface area contributed by atoms with Gasteiger partial charge in [-0.05, 0) is 84.0 Å². The van der Waals surface area contributed by atoms with E-state index < -0.39 is 0 Å². The minimum atomic E-state index is -0.338. The zero-order chi connectivity index (χ0) is 31.1. The van der Waals surface area contributed by atoms with Gasteiger partial charge in [0.05, 0.1) is 11.4 Å². The molecule has 46 heavy (non-hydrogen) atoms. The molecule has 4 aromatic carbocycles. The minimum absolute atomic E-state index is 0.167. The second-order valence-corrected chi connectivity index (χ2v) is 13.7. The van der Waals surface area contributed by atoms with Crippen molar-refractivity contribution in [2.45, 2.75) is 101 Å². The predicted octanol–water partition coefficient (Wildman–Crippen LogP) is 10.6. The number of carbonyl (C=O) groups excluding carboxylic acids is 1. The highest BCUT2D eigenvalue weighted by molar-refractivity contribution is 5.96. The van der Waals surface area contributed by atoms with E-state index in [1.807, 2.05) is 60.7 Å². The van der Waals surface area contributed by atoms with E-state index >= 15 is 0 Å². The van der Waals surface area contributed by atoms with Gasteiger partial charge >= 0.3 is 6.09 Å². The Morgan fingerprint density at radius 3 is 1.52 bits per heavy atom. The fraction of sp³-hybridized carbons (Fsp3) is 0.405. The highest BCUT2D eigenvalue weighted by atomic mass is 16.6. The van der Waals surface area contributed by atoms with Crippen LogP contribution in [0.25, 0.3) is 0 Å². The second kappa shape index (κ2) is 14.7. The molecule has 4 nitrogen and oxygen atoms in total. The smallest absolute Gasteiger partial charge is 0.419 e. The monoisotopic (exact) mass is 612 g/mol. The molecule has 0 unspecified atom stereocenters. The van der Waals surface area contributed by atoms with E-state index in [4.69, 9.17) is 4.74 Å². The molecule has 7 rings (SSSR count). The van der Waals surface area contributed by atoms with Gasteiger partial charge in [-0.25, -0.2) is 9.69 Å². The second-order valence-electron chi connectivity index (χ2n) is 13.7. The number of benzene rings is 4. The third kappa shape index (κ3) is 7.08. The molecule has 3 aliphatic rings. The van der Waals surface area contributed by atoms with Crippen LogP contribution in [0.3, 0.4) is 0 Å². The molecule has 1 amide bonds. The summed E-state index contributed by atoms with van der Waals surface area (Å²) in [6.07, 6.45) is 13.6. The normalized spacial score (nSPS) is 20.9. The Morgan fingerprint density at radius 1 is 0.609 bits per heavy atom. The largest absolute Gasteiger partial charge is 0.444 e. The first-order valence-corrected chi connectivity index (χ1v) is 17.8. The molecular formula is C42H48N2O2. The highest BCUT2D eigenvalue weighted by Crippen LogP contribution is 2.38. The van der Waals surface area contributed by atoms with E-state index in [0.717, 1.165) is 17.8 Å². The Labute approximate surface area is 275 Å². The molecular weight excluding hydrogens is 564 g/mol. The summed E-state index contributed by atoms with van der Waals surface area (Å²) >= 11 is 0. The number of nitrogens with one attached hydrogen (secondary N) is 1. The summed E-state index contributed by atoms with van der Waals surface area (Å²) in [5, 5.41) is 3.79. The van der Waals surface area contributed by atoms with Crippen molar-refractivity contribution in [3.8, 4) is 0 Å². The van der Waals surface area contributed by atoms with Gasteiger partial charge in [0.25, 0.3) is 0 Å². The van der Waals surface area contributed by atoms with Gasteiger partial charge < -0.3 is 10.1 Å². The van der Waals surface area contributed by atoms with Crippen molar-refractivity contribution in [1.82, 2.24) is 5.32 Å². The zero-order valence-corrected chi connectivity index (χ0v) is 27.0. The van der Waals surface area contributed by atoms with Crippen LogP contribution >= 0.6 is 0 Å². The van der Waals surface area contributed by atoms with Gasteiger partial charge in [-0.1, -0.05) is 123 Å². The number of hydrogen-bond donors (Lipinski definition) is 1. The first-order valence-electron chi connectivity index (χ1n) is 17.8. The average molecular weight is 613 g/mol. The summed E-state index contributed by atoms with van der Waals surface area (Å²) < 4.78 is 6.26. The van der Waals surface area contributed by atoms with Crippen molar-refractivity contribution in [2.75, 3.05) is 11.4 Å². The molecule has 2 atom stereocenters. The standard InChI is InChI=1S/C42H48N2O2/c45-42(44(37-17-9-3-10-18-37)38-19-11-4-12-20-38)46-39-29-40(43-30-39)41(35-25-21-33(22-26-35)31-13-5-1-6-14-31)36-27-23-34(24-28-36)32-15-7-2-8-16-32/h3-4,9-12,17-28,31-32,39-41,43H,1-2,5-8,13-16,29-30H2/t39-,40-/m1/s1. The minimum Gasteiger partial charge on any atom is -0.444 e. The topological polar surface area (TPSA) is 41.6 Å². The Kier molecular flexibility index (Phi) is 9.82. The van der Waals surface area contributed by atoms with Gasteiger partial charge in [-0.3, -0.25) is 0 Å². The lowest BCUT2D eigenvalue weighted by atomic mass is 9.79. The number of ether oxygens (including phenoxy) is 1. The van der Waals surface area contributed by atoms with Gasteiger partial charge in [0.1, 0.15) is 6.10 Å². The third-order valence-electron chi connectivity index (χ3n) is 10.8. The fourth-order valence-electron chi connectivity index (χ4n) is 8.27. The van der Waals surface area contributed by atoms with Gasteiger partial charge in [0.2, 0.25) is 0 Å². The molecule has 2 saturated carbocycles. The van der Waals surface area contributed by atoms with Crippen LogP contribution < -0.4 is 10.2 Å². The summed E-state index contributed by atoms with van der Waals surface area (Å²) in [7, 11) is 0. The number of rotatable bonds is 8. The lowest BCUT2D eigenvalue weighted by Crippen LogP contribution is -2.31. The molecule has 4 heteroatoms. The molecule has 4 aromatic rings. The lowest BCUT2D eigenvalue weighted by Gasteiger charge is -2.28.